The Bertz CT molecular complexity index is 539. The average Bonchev–Trinajstić information content (AvgIpc) is 2.99. The second-order valence-corrected chi connectivity index (χ2v) is 7.29. The maximum atomic E-state index is 12.6. The summed E-state index contributed by atoms with van der Waals surface area (Å²) in [5, 5.41) is 3.95. The third-order valence-corrected chi connectivity index (χ3v) is 4.56. The van der Waals surface area contributed by atoms with Gasteiger partial charge in [-0.05, 0) is 40.5 Å². The number of carbonyl (C=O) groups excluding carboxylic acids is 2. The van der Waals surface area contributed by atoms with Crippen LogP contribution in [-0.4, -0.2) is 53.1 Å². The van der Waals surface area contributed by atoms with Crippen LogP contribution in [0.2, 0.25) is 0 Å². The fraction of sp³-hybridized carbons (Fsp3) is 0.812. The van der Waals surface area contributed by atoms with Gasteiger partial charge >= 0.3 is 12.1 Å². The van der Waals surface area contributed by atoms with E-state index >= 15 is 0 Å². The predicted molar refractivity (Wildman–Crippen MR) is 81.9 cm³/mol. The van der Waals surface area contributed by atoms with Gasteiger partial charge in [0.2, 0.25) is 0 Å². The molecule has 2 bridgehead atoms. The van der Waals surface area contributed by atoms with Crippen molar-refractivity contribution in [2.45, 2.75) is 70.7 Å². The summed E-state index contributed by atoms with van der Waals surface area (Å²) in [6.07, 6.45) is 1.93. The van der Waals surface area contributed by atoms with Crippen LogP contribution >= 0.6 is 0 Å². The number of nitrogens with zero attached hydrogens (tertiary/aromatic N) is 2. The molecule has 2 fully saturated rings. The van der Waals surface area contributed by atoms with Crippen molar-refractivity contribution < 1.29 is 23.9 Å². The smallest absolute Gasteiger partial charge is 0.410 e. The number of hydrogen-bond acceptors (Lipinski definition) is 6. The summed E-state index contributed by atoms with van der Waals surface area (Å²) in [4.78, 5) is 31.9. The fourth-order valence-corrected chi connectivity index (χ4v) is 3.79. The first-order valence-corrected chi connectivity index (χ1v) is 8.24. The minimum atomic E-state index is -0.544. The highest BCUT2D eigenvalue weighted by Gasteiger charge is 2.56. The molecule has 23 heavy (non-hydrogen) atoms. The predicted octanol–water partition coefficient (Wildman–Crippen LogP) is 2.09. The number of piperidine rings is 1. The highest BCUT2D eigenvalue weighted by molar-refractivity contribution is 6.37. The zero-order valence-electron chi connectivity index (χ0n) is 14.1. The minimum absolute atomic E-state index is 0.0906. The second-order valence-electron chi connectivity index (χ2n) is 7.29. The first-order chi connectivity index (χ1) is 10.8. The Hall–Kier alpha value is -1.79. The fourth-order valence-electron chi connectivity index (χ4n) is 3.79. The van der Waals surface area contributed by atoms with E-state index in [1.54, 1.807) is 11.8 Å². The van der Waals surface area contributed by atoms with Crippen LogP contribution < -0.4 is 0 Å². The molecule has 3 heterocycles. The quantitative estimate of drug-likeness (QED) is 0.727. The number of amides is 1. The van der Waals surface area contributed by atoms with Gasteiger partial charge in [-0.25, -0.2) is 9.59 Å². The lowest BCUT2D eigenvalue weighted by atomic mass is 9.84. The molecular weight excluding hydrogens is 300 g/mol. The van der Waals surface area contributed by atoms with E-state index in [4.69, 9.17) is 14.3 Å². The van der Waals surface area contributed by atoms with E-state index in [0.29, 0.717) is 12.1 Å². The summed E-state index contributed by atoms with van der Waals surface area (Å²) < 4.78 is 10.6. The molecule has 0 aromatic carbocycles. The summed E-state index contributed by atoms with van der Waals surface area (Å²) in [5.41, 5.74) is -0.242. The monoisotopic (exact) mass is 324 g/mol. The largest absolute Gasteiger partial charge is 0.461 e. The Morgan fingerprint density at radius 2 is 2.09 bits per heavy atom. The van der Waals surface area contributed by atoms with Gasteiger partial charge in [0.25, 0.3) is 0 Å². The van der Waals surface area contributed by atoms with E-state index in [1.165, 1.54) is 0 Å². The number of carbonyl (C=O) groups is 2. The molecule has 0 aliphatic carbocycles. The molecule has 2 saturated heterocycles. The van der Waals surface area contributed by atoms with Crippen LogP contribution in [-0.2, 0) is 19.1 Å². The van der Waals surface area contributed by atoms with Crippen LogP contribution in [0.15, 0.2) is 5.16 Å². The highest BCUT2D eigenvalue weighted by Crippen LogP contribution is 2.44. The lowest BCUT2D eigenvalue weighted by Gasteiger charge is -2.40. The number of fused-ring (bicyclic) bond motifs is 4. The molecule has 0 aromatic heterocycles. The molecule has 0 aromatic rings. The highest BCUT2D eigenvalue weighted by atomic mass is 16.6. The summed E-state index contributed by atoms with van der Waals surface area (Å²) >= 11 is 0. The van der Waals surface area contributed by atoms with Gasteiger partial charge < -0.3 is 19.2 Å². The number of ether oxygens (including phenoxy) is 2. The third-order valence-electron chi connectivity index (χ3n) is 4.56. The molecular formula is C16H24N2O5. The lowest BCUT2D eigenvalue weighted by molar-refractivity contribution is -0.135. The molecule has 0 saturated carbocycles. The Morgan fingerprint density at radius 3 is 2.74 bits per heavy atom. The first-order valence-electron chi connectivity index (χ1n) is 8.24. The molecule has 3 aliphatic rings. The minimum Gasteiger partial charge on any atom is -0.461 e. The molecule has 0 radical (unpaired) electrons. The summed E-state index contributed by atoms with van der Waals surface area (Å²) in [6.45, 7) is 7.60. The number of rotatable bonds is 2. The van der Waals surface area contributed by atoms with E-state index in [9.17, 15) is 9.59 Å². The number of hydrogen-bond donors (Lipinski definition) is 0. The van der Waals surface area contributed by atoms with Crippen molar-refractivity contribution in [2.24, 2.45) is 11.1 Å². The van der Waals surface area contributed by atoms with E-state index < -0.39 is 11.6 Å². The third kappa shape index (κ3) is 2.88. The van der Waals surface area contributed by atoms with Gasteiger partial charge in [-0.2, -0.15) is 0 Å². The van der Waals surface area contributed by atoms with Crippen LogP contribution in [0.4, 0.5) is 4.79 Å². The molecule has 0 N–H and O–H groups in total. The number of oxime groups is 1. The van der Waals surface area contributed by atoms with Gasteiger partial charge in [-0.3, -0.25) is 0 Å². The van der Waals surface area contributed by atoms with Crippen molar-refractivity contribution in [2.75, 3.05) is 6.61 Å². The molecule has 3 aliphatic heterocycles. The van der Waals surface area contributed by atoms with Crippen LogP contribution in [0.3, 0.4) is 0 Å². The second kappa shape index (κ2) is 5.69. The summed E-state index contributed by atoms with van der Waals surface area (Å²) in [7, 11) is 0. The van der Waals surface area contributed by atoms with Crippen LogP contribution in [0, 0.1) is 5.92 Å². The van der Waals surface area contributed by atoms with Crippen LogP contribution in [0.1, 0.15) is 47.0 Å². The summed E-state index contributed by atoms with van der Waals surface area (Å²) in [6, 6.07) is -0.0212. The maximum Gasteiger partial charge on any atom is 0.410 e. The van der Waals surface area contributed by atoms with Gasteiger partial charge in [0.05, 0.1) is 12.5 Å². The Kier molecular flexibility index (Phi) is 3.98. The topological polar surface area (TPSA) is 77.4 Å². The van der Waals surface area contributed by atoms with Gasteiger partial charge in [-0.1, -0.05) is 5.16 Å². The normalized spacial score (nSPS) is 32.0. The Morgan fingerprint density at radius 1 is 1.35 bits per heavy atom. The molecule has 0 spiro atoms. The molecule has 4 atom stereocenters. The van der Waals surface area contributed by atoms with Crippen molar-refractivity contribution in [1.82, 2.24) is 4.90 Å². The zero-order valence-corrected chi connectivity index (χ0v) is 14.1. The molecule has 0 unspecified atom stereocenters. The van der Waals surface area contributed by atoms with E-state index in [0.717, 1.165) is 12.8 Å². The summed E-state index contributed by atoms with van der Waals surface area (Å²) in [5.74, 6) is -0.671. The van der Waals surface area contributed by atoms with Crippen molar-refractivity contribution >= 4 is 17.8 Å². The first kappa shape index (κ1) is 16.1. The van der Waals surface area contributed by atoms with Crippen molar-refractivity contribution in [3.63, 3.8) is 0 Å². The maximum absolute atomic E-state index is 12.6. The van der Waals surface area contributed by atoms with E-state index in [1.807, 2.05) is 20.8 Å². The molecule has 1 amide bonds. The van der Waals surface area contributed by atoms with Gasteiger partial charge in [0.1, 0.15) is 11.7 Å². The van der Waals surface area contributed by atoms with Gasteiger partial charge in [0, 0.05) is 18.5 Å². The van der Waals surface area contributed by atoms with Gasteiger partial charge in [0.15, 0.2) is 5.71 Å². The van der Waals surface area contributed by atoms with E-state index in [-0.39, 0.29) is 36.8 Å². The molecule has 3 rings (SSSR count). The molecule has 7 heteroatoms. The lowest BCUT2D eigenvalue weighted by Crippen LogP contribution is -2.56. The van der Waals surface area contributed by atoms with Crippen molar-refractivity contribution in [3.05, 3.63) is 0 Å². The SMILES string of the molecule is CCOC(=O)C1=NO[C@H]2C[C@@H]3CC[C@H]([C@@H]12)N3C(=O)OC(C)(C)C. The van der Waals surface area contributed by atoms with Gasteiger partial charge in [-0.15, -0.1) is 0 Å². The average molecular weight is 324 g/mol. The zero-order chi connectivity index (χ0) is 16.8. The molecule has 7 nitrogen and oxygen atoms in total. The number of esters is 1. The van der Waals surface area contributed by atoms with Crippen molar-refractivity contribution in [1.29, 1.82) is 0 Å². The molecule has 128 valence electrons. The van der Waals surface area contributed by atoms with E-state index in [2.05, 4.69) is 5.16 Å². The van der Waals surface area contributed by atoms with Crippen molar-refractivity contribution in [3.8, 4) is 0 Å². The standard InChI is InChI=1S/C16H24N2O5/c1-5-21-14(19)13-12-10-7-6-9(8-11(12)23-17-13)18(10)15(20)22-16(2,3)4/h9-12H,5-8H2,1-4H3/t9-,10+,11-,12+/m0/s1. The van der Waals surface area contributed by atoms with Crippen LogP contribution in [0.25, 0.3) is 0 Å². The van der Waals surface area contributed by atoms with Crippen LogP contribution in [0.5, 0.6) is 0 Å². The Balaban J connectivity index is 1.80. The Labute approximate surface area is 135 Å².